The van der Waals surface area contributed by atoms with Crippen molar-refractivity contribution < 1.29 is 19.2 Å². The average molecular weight is 337 g/mol. The fraction of sp³-hybridized carbons (Fsp3) is 0.111. The third kappa shape index (κ3) is 2.27. The number of nitrogens with zero attached hydrogens (tertiary/aromatic N) is 1. The van der Waals surface area contributed by atoms with Crippen LogP contribution in [-0.2, 0) is 9.59 Å². The van der Waals surface area contributed by atoms with E-state index >= 15 is 0 Å². The molecule has 24 heavy (non-hydrogen) atoms. The first-order valence-electron chi connectivity index (χ1n) is 7.35. The number of thioether (sulfide) groups is 1. The van der Waals surface area contributed by atoms with Crippen LogP contribution in [0.4, 0.5) is 5.69 Å². The standard InChI is InChI=1S/C18H11NO4S/c20-15-8-19(9-16(21)24-15)10-5-6-13-14(7-10)18(23)12-4-2-1-3-11(12)17(13)22/h1-7H,8-9H2. The van der Waals surface area contributed by atoms with Crippen molar-refractivity contribution in [1.82, 2.24) is 0 Å². The summed E-state index contributed by atoms with van der Waals surface area (Å²) < 4.78 is 0. The summed E-state index contributed by atoms with van der Waals surface area (Å²) in [7, 11) is 0. The minimum Gasteiger partial charge on any atom is -0.355 e. The van der Waals surface area contributed by atoms with E-state index in [1.807, 2.05) is 0 Å². The highest BCUT2D eigenvalue weighted by Gasteiger charge is 2.31. The van der Waals surface area contributed by atoms with Gasteiger partial charge in [-0.15, -0.1) is 0 Å². The van der Waals surface area contributed by atoms with Crippen molar-refractivity contribution in [3.8, 4) is 0 Å². The Morgan fingerprint density at radius 3 is 1.88 bits per heavy atom. The normalized spacial score (nSPS) is 16.9. The molecular weight excluding hydrogens is 326 g/mol. The topological polar surface area (TPSA) is 71.5 Å². The van der Waals surface area contributed by atoms with E-state index in [0.717, 1.165) is 11.8 Å². The first kappa shape index (κ1) is 14.8. The number of ketones is 2. The SMILES string of the molecule is O=C1CN(c2ccc3c(c2)C(=O)c2ccccc2C3=O)CC(=O)S1. The lowest BCUT2D eigenvalue weighted by Crippen LogP contribution is -2.38. The van der Waals surface area contributed by atoms with Gasteiger partial charge in [0.15, 0.2) is 11.6 Å². The van der Waals surface area contributed by atoms with Gasteiger partial charge >= 0.3 is 0 Å². The Labute approximate surface area is 141 Å². The molecule has 0 amide bonds. The molecule has 0 radical (unpaired) electrons. The van der Waals surface area contributed by atoms with Crippen LogP contribution >= 0.6 is 11.8 Å². The maximum absolute atomic E-state index is 12.7. The van der Waals surface area contributed by atoms with E-state index in [2.05, 4.69) is 0 Å². The summed E-state index contributed by atoms with van der Waals surface area (Å²) in [6.45, 7) is 0.210. The van der Waals surface area contributed by atoms with Crippen LogP contribution in [0.15, 0.2) is 42.5 Å². The maximum Gasteiger partial charge on any atom is 0.215 e. The van der Waals surface area contributed by atoms with Crippen LogP contribution in [0.2, 0.25) is 0 Å². The molecule has 0 aromatic heterocycles. The molecule has 5 nitrogen and oxygen atoms in total. The van der Waals surface area contributed by atoms with Crippen molar-refractivity contribution in [3.63, 3.8) is 0 Å². The number of hydrogen-bond donors (Lipinski definition) is 0. The Bertz CT molecular complexity index is 918. The number of anilines is 1. The van der Waals surface area contributed by atoms with Gasteiger partial charge in [-0.1, -0.05) is 24.3 Å². The van der Waals surface area contributed by atoms with E-state index in [0.29, 0.717) is 27.9 Å². The Morgan fingerprint density at radius 2 is 1.25 bits per heavy atom. The molecule has 118 valence electrons. The van der Waals surface area contributed by atoms with Gasteiger partial charge in [0.05, 0.1) is 13.1 Å². The van der Waals surface area contributed by atoms with Gasteiger partial charge in [-0.2, -0.15) is 0 Å². The van der Waals surface area contributed by atoms with Gasteiger partial charge in [-0.25, -0.2) is 0 Å². The fourth-order valence-corrected chi connectivity index (χ4v) is 3.72. The molecule has 1 heterocycles. The van der Waals surface area contributed by atoms with Gasteiger partial charge in [-0.05, 0) is 30.0 Å². The van der Waals surface area contributed by atoms with Gasteiger partial charge in [0.2, 0.25) is 10.2 Å². The lowest BCUT2D eigenvalue weighted by Gasteiger charge is -2.27. The highest BCUT2D eigenvalue weighted by molar-refractivity contribution is 8.26. The first-order valence-corrected chi connectivity index (χ1v) is 8.17. The fourth-order valence-electron chi connectivity index (χ4n) is 3.03. The summed E-state index contributed by atoms with van der Waals surface area (Å²) in [6, 6.07) is 11.6. The summed E-state index contributed by atoms with van der Waals surface area (Å²) in [5, 5.41) is -0.451. The van der Waals surface area contributed by atoms with Gasteiger partial charge in [0.25, 0.3) is 0 Å². The molecule has 2 aliphatic rings. The van der Waals surface area contributed by atoms with Crippen molar-refractivity contribution in [3.05, 3.63) is 64.7 Å². The molecular formula is C18H11NO4S. The van der Waals surface area contributed by atoms with Crippen LogP contribution in [-0.4, -0.2) is 34.9 Å². The molecule has 2 aromatic rings. The monoisotopic (exact) mass is 337 g/mol. The van der Waals surface area contributed by atoms with Crippen molar-refractivity contribution in [2.75, 3.05) is 18.0 Å². The molecule has 6 heteroatoms. The molecule has 0 N–H and O–H groups in total. The third-order valence-corrected chi connectivity index (χ3v) is 4.85. The molecule has 0 unspecified atom stereocenters. The molecule has 1 saturated heterocycles. The van der Waals surface area contributed by atoms with Gasteiger partial charge in [0.1, 0.15) is 0 Å². The smallest absolute Gasteiger partial charge is 0.215 e. The summed E-state index contributed by atoms with van der Waals surface area (Å²) in [5.41, 5.74) is 2.05. The largest absolute Gasteiger partial charge is 0.355 e. The number of fused-ring (bicyclic) bond motifs is 2. The summed E-state index contributed by atoms with van der Waals surface area (Å²) >= 11 is 0.720. The van der Waals surface area contributed by atoms with Gasteiger partial charge in [0, 0.05) is 27.9 Å². The van der Waals surface area contributed by atoms with Crippen LogP contribution in [0, 0.1) is 0 Å². The van der Waals surface area contributed by atoms with Crippen LogP contribution in [0.1, 0.15) is 31.8 Å². The van der Waals surface area contributed by atoms with Crippen molar-refractivity contribution in [1.29, 1.82) is 0 Å². The lowest BCUT2D eigenvalue weighted by atomic mass is 9.84. The molecule has 1 aliphatic carbocycles. The predicted molar refractivity (Wildman–Crippen MR) is 89.6 cm³/mol. The number of carbonyl (C=O) groups is 4. The molecule has 0 bridgehead atoms. The molecule has 0 atom stereocenters. The lowest BCUT2D eigenvalue weighted by molar-refractivity contribution is -0.113. The van der Waals surface area contributed by atoms with E-state index in [-0.39, 0.29) is 34.9 Å². The van der Waals surface area contributed by atoms with Crippen molar-refractivity contribution >= 4 is 39.2 Å². The Balaban J connectivity index is 1.78. The van der Waals surface area contributed by atoms with Crippen molar-refractivity contribution in [2.45, 2.75) is 0 Å². The second kappa shape index (κ2) is 5.42. The molecule has 2 aromatic carbocycles. The second-order valence-corrected chi connectivity index (χ2v) is 6.75. The quantitative estimate of drug-likeness (QED) is 0.677. The zero-order chi connectivity index (χ0) is 16.8. The number of benzene rings is 2. The predicted octanol–water partition coefficient (Wildman–Crippen LogP) is 2.07. The summed E-state index contributed by atoms with van der Waals surface area (Å²) in [5.74, 6) is -0.404. The second-order valence-electron chi connectivity index (χ2n) is 5.64. The van der Waals surface area contributed by atoms with Crippen LogP contribution in [0.5, 0.6) is 0 Å². The van der Waals surface area contributed by atoms with E-state index in [9.17, 15) is 19.2 Å². The van der Waals surface area contributed by atoms with Crippen molar-refractivity contribution in [2.24, 2.45) is 0 Å². The van der Waals surface area contributed by atoms with E-state index in [1.54, 1.807) is 47.4 Å². The third-order valence-electron chi connectivity index (χ3n) is 4.14. The number of hydrogen-bond acceptors (Lipinski definition) is 6. The van der Waals surface area contributed by atoms with E-state index in [4.69, 9.17) is 0 Å². The molecule has 1 aliphatic heterocycles. The number of rotatable bonds is 1. The Hall–Kier alpha value is -2.73. The molecule has 0 spiro atoms. The summed E-state index contributed by atoms with van der Waals surface area (Å²) in [4.78, 5) is 50.1. The Morgan fingerprint density at radius 1 is 0.708 bits per heavy atom. The van der Waals surface area contributed by atoms with E-state index in [1.165, 1.54) is 0 Å². The minimum atomic E-state index is -0.225. The average Bonchev–Trinajstić information content (AvgIpc) is 2.58. The van der Waals surface area contributed by atoms with Gasteiger partial charge < -0.3 is 4.90 Å². The zero-order valence-electron chi connectivity index (χ0n) is 12.4. The Kier molecular flexibility index (Phi) is 3.35. The minimum absolute atomic E-state index is 0.105. The highest BCUT2D eigenvalue weighted by atomic mass is 32.2. The first-order chi connectivity index (χ1) is 11.5. The van der Waals surface area contributed by atoms with Gasteiger partial charge in [-0.3, -0.25) is 19.2 Å². The molecule has 4 rings (SSSR count). The van der Waals surface area contributed by atoms with E-state index < -0.39 is 0 Å². The van der Waals surface area contributed by atoms with Crippen LogP contribution in [0.3, 0.4) is 0 Å². The van der Waals surface area contributed by atoms with Crippen LogP contribution in [0.25, 0.3) is 0 Å². The zero-order valence-corrected chi connectivity index (χ0v) is 13.3. The number of carbonyl (C=O) groups excluding carboxylic acids is 4. The summed E-state index contributed by atoms with van der Waals surface area (Å²) in [6.07, 6.45) is 0. The molecule has 0 saturated carbocycles. The maximum atomic E-state index is 12.7. The highest BCUT2D eigenvalue weighted by Crippen LogP contribution is 2.31. The van der Waals surface area contributed by atoms with Crippen LogP contribution < -0.4 is 4.90 Å². The molecule has 1 fully saturated rings.